The van der Waals surface area contributed by atoms with Crippen molar-refractivity contribution in [3.05, 3.63) is 54.3 Å². The molecule has 1 aromatic carbocycles. The minimum atomic E-state index is 0.0104. The second-order valence-corrected chi connectivity index (χ2v) is 5.17. The van der Waals surface area contributed by atoms with E-state index >= 15 is 0 Å². The fraction of sp³-hybridized carbons (Fsp3) is 0.294. The highest BCUT2D eigenvalue weighted by atomic mass is 16.3. The van der Waals surface area contributed by atoms with Crippen LogP contribution in [0.5, 0.6) is 0 Å². The lowest BCUT2D eigenvalue weighted by Crippen LogP contribution is -2.23. The number of imidazole rings is 1. The highest BCUT2D eigenvalue weighted by Crippen LogP contribution is 2.18. The maximum atomic E-state index is 11.9. The highest BCUT2D eigenvalue weighted by Gasteiger charge is 2.07. The summed E-state index contributed by atoms with van der Waals surface area (Å²) in [5.41, 5.74) is 0.845. The third-order valence-electron chi connectivity index (χ3n) is 3.63. The Kier molecular flexibility index (Phi) is 4.23. The van der Waals surface area contributed by atoms with Gasteiger partial charge in [0.2, 0.25) is 5.91 Å². The maximum Gasteiger partial charge on any atom is 0.222 e. The van der Waals surface area contributed by atoms with Gasteiger partial charge in [-0.2, -0.15) is 0 Å². The second kappa shape index (κ2) is 6.47. The zero-order valence-electron chi connectivity index (χ0n) is 12.6. The fourth-order valence-electron chi connectivity index (χ4n) is 2.48. The second-order valence-electron chi connectivity index (χ2n) is 5.17. The first kappa shape index (κ1) is 14.4. The Morgan fingerprint density at radius 2 is 2.23 bits per heavy atom. The summed E-state index contributed by atoms with van der Waals surface area (Å²) in [6.07, 6.45) is 4.98. The molecule has 0 saturated heterocycles. The predicted molar refractivity (Wildman–Crippen MR) is 84.3 cm³/mol. The summed E-state index contributed by atoms with van der Waals surface area (Å²) in [7, 11) is 0. The van der Waals surface area contributed by atoms with Crippen molar-refractivity contribution >= 4 is 16.9 Å². The van der Waals surface area contributed by atoms with Crippen molar-refractivity contribution in [2.24, 2.45) is 0 Å². The van der Waals surface area contributed by atoms with Crippen LogP contribution in [0.3, 0.4) is 0 Å². The van der Waals surface area contributed by atoms with Crippen molar-refractivity contribution in [1.29, 1.82) is 0 Å². The van der Waals surface area contributed by atoms with Gasteiger partial charge in [0.15, 0.2) is 0 Å². The Labute approximate surface area is 129 Å². The number of hydrogen-bond donors (Lipinski definition) is 1. The normalized spacial score (nSPS) is 11.0. The van der Waals surface area contributed by atoms with Crippen molar-refractivity contribution in [3.63, 3.8) is 0 Å². The van der Waals surface area contributed by atoms with Gasteiger partial charge in [-0.15, -0.1) is 0 Å². The Hall–Kier alpha value is -2.56. The van der Waals surface area contributed by atoms with Gasteiger partial charge in [-0.05, 0) is 12.1 Å². The molecule has 0 aliphatic carbocycles. The van der Waals surface area contributed by atoms with Crippen LogP contribution in [0.15, 0.2) is 47.1 Å². The van der Waals surface area contributed by atoms with Gasteiger partial charge in [0.25, 0.3) is 0 Å². The molecule has 114 valence electrons. The molecular weight excluding hydrogens is 278 g/mol. The van der Waals surface area contributed by atoms with Gasteiger partial charge in [0.1, 0.15) is 17.2 Å². The molecule has 2 heterocycles. The molecule has 3 rings (SSSR count). The molecular formula is C17H19N3O2. The zero-order valence-corrected chi connectivity index (χ0v) is 12.6. The van der Waals surface area contributed by atoms with E-state index in [2.05, 4.69) is 17.2 Å². The van der Waals surface area contributed by atoms with Crippen molar-refractivity contribution in [2.75, 3.05) is 0 Å². The van der Waals surface area contributed by atoms with Crippen LogP contribution in [0.1, 0.15) is 24.9 Å². The van der Waals surface area contributed by atoms with E-state index in [-0.39, 0.29) is 5.91 Å². The number of aryl methyl sites for hydroxylation is 2. The van der Waals surface area contributed by atoms with Crippen LogP contribution in [-0.2, 0) is 24.3 Å². The average Bonchev–Trinajstić information content (AvgIpc) is 3.16. The molecule has 1 amide bonds. The standard InChI is InChI=1S/C17H19N3O2/c1-2-16-18-8-10-20(16)9-7-17(21)19-12-14-11-13-5-3-4-6-15(13)22-14/h3-6,8,10-11H,2,7,9,12H2,1H3,(H,19,21). The van der Waals surface area contributed by atoms with E-state index in [0.717, 1.165) is 29.0 Å². The lowest BCUT2D eigenvalue weighted by atomic mass is 10.2. The monoisotopic (exact) mass is 297 g/mol. The zero-order chi connectivity index (χ0) is 15.4. The molecule has 0 aliphatic heterocycles. The van der Waals surface area contributed by atoms with E-state index in [0.29, 0.717) is 19.5 Å². The van der Waals surface area contributed by atoms with Gasteiger partial charge >= 0.3 is 0 Å². The van der Waals surface area contributed by atoms with Crippen molar-refractivity contribution in [1.82, 2.24) is 14.9 Å². The molecule has 0 spiro atoms. The molecule has 0 saturated carbocycles. The minimum Gasteiger partial charge on any atom is -0.459 e. The first-order valence-electron chi connectivity index (χ1n) is 7.50. The number of furan rings is 1. The fourth-order valence-corrected chi connectivity index (χ4v) is 2.48. The van der Waals surface area contributed by atoms with E-state index in [1.165, 1.54) is 0 Å². The average molecular weight is 297 g/mol. The van der Waals surface area contributed by atoms with Crippen LogP contribution in [0.2, 0.25) is 0 Å². The molecule has 0 unspecified atom stereocenters. The summed E-state index contributed by atoms with van der Waals surface area (Å²) < 4.78 is 7.69. The van der Waals surface area contributed by atoms with Crippen LogP contribution < -0.4 is 5.32 Å². The van der Waals surface area contributed by atoms with Crippen LogP contribution in [0, 0.1) is 0 Å². The number of benzene rings is 1. The molecule has 3 aromatic rings. The third kappa shape index (κ3) is 3.19. The lowest BCUT2D eigenvalue weighted by Gasteiger charge is -2.06. The molecule has 22 heavy (non-hydrogen) atoms. The third-order valence-corrected chi connectivity index (χ3v) is 3.63. The first-order valence-corrected chi connectivity index (χ1v) is 7.50. The van der Waals surface area contributed by atoms with Gasteiger partial charge in [0.05, 0.1) is 6.54 Å². The van der Waals surface area contributed by atoms with E-state index < -0.39 is 0 Å². The number of aromatic nitrogens is 2. The number of nitrogens with one attached hydrogen (secondary N) is 1. The number of amides is 1. The summed E-state index contributed by atoms with van der Waals surface area (Å²) >= 11 is 0. The number of carbonyl (C=O) groups excluding carboxylic acids is 1. The smallest absolute Gasteiger partial charge is 0.222 e. The molecule has 0 bridgehead atoms. The molecule has 0 fully saturated rings. The SMILES string of the molecule is CCc1nccn1CCC(=O)NCc1cc2ccccc2o1. The minimum absolute atomic E-state index is 0.0104. The van der Waals surface area contributed by atoms with Crippen LogP contribution in [0.25, 0.3) is 11.0 Å². The number of fused-ring (bicyclic) bond motifs is 1. The molecule has 0 radical (unpaired) electrons. The van der Waals surface area contributed by atoms with E-state index in [4.69, 9.17) is 4.42 Å². The van der Waals surface area contributed by atoms with Gasteiger partial charge in [-0.3, -0.25) is 4.79 Å². The topological polar surface area (TPSA) is 60.1 Å². The van der Waals surface area contributed by atoms with E-state index in [9.17, 15) is 4.79 Å². The van der Waals surface area contributed by atoms with Gasteiger partial charge in [0, 0.05) is 37.2 Å². The Morgan fingerprint density at radius 1 is 1.36 bits per heavy atom. The Morgan fingerprint density at radius 3 is 3.05 bits per heavy atom. The number of carbonyl (C=O) groups is 1. The Bertz CT molecular complexity index is 740. The molecule has 2 aromatic heterocycles. The summed E-state index contributed by atoms with van der Waals surface area (Å²) in [4.78, 5) is 16.2. The largest absolute Gasteiger partial charge is 0.459 e. The number of nitrogens with zero attached hydrogens (tertiary/aromatic N) is 2. The van der Waals surface area contributed by atoms with Gasteiger partial charge < -0.3 is 14.3 Å². The first-order chi connectivity index (χ1) is 10.8. The molecule has 1 N–H and O–H groups in total. The summed E-state index contributed by atoms with van der Waals surface area (Å²) in [5, 5.41) is 3.95. The van der Waals surface area contributed by atoms with E-state index in [1.807, 2.05) is 41.1 Å². The molecule has 5 heteroatoms. The van der Waals surface area contributed by atoms with E-state index in [1.54, 1.807) is 6.20 Å². The van der Waals surface area contributed by atoms with Crippen LogP contribution in [-0.4, -0.2) is 15.5 Å². The summed E-state index contributed by atoms with van der Waals surface area (Å²) in [6, 6.07) is 9.78. The Balaban J connectivity index is 1.51. The number of para-hydroxylation sites is 1. The van der Waals surface area contributed by atoms with Crippen molar-refractivity contribution < 1.29 is 9.21 Å². The number of rotatable bonds is 6. The maximum absolute atomic E-state index is 11.9. The van der Waals surface area contributed by atoms with Crippen molar-refractivity contribution in [3.8, 4) is 0 Å². The summed E-state index contributed by atoms with van der Waals surface area (Å²) in [5.74, 6) is 1.78. The lowest BCUT2D eigenvalue weighted by molar-refractivity contribution is -0.121. The van der Waals surface area contributed by atoms with Gasteiger partial charge in [-0.1, -0.05) is 25.1 Å². The summed E-state index contributed by atoms with van der Waals surface area (Å²) in [6.45, 7) is 3.12. The van der Waals surface area contributed by atoms with Crippen LogP contribution >= 0.6 is 0 Å². The van der Waals surface area contributed by atoms with Gasteiger partial charge in [-0.25, -0.2) is 4.98 Å². The highest BCUT2D eigenvalue weighted by molar-refractivity contribution is 5.78. The quantitative estimate of drug-likeness (QED) is 0.761. The molecule has 0 atom stereocenters. The molecule has 0 aliphatic rings. The van der Waals surface area contributed by atoms with Crippen molar-refractivity contribution in [2.45, 2.75) is 32.9 Å². The predicted octanol–water partition coefficient (Wildman–Crippen LogP) is 2.90. The number of hydrogen-bond acceptors (Lipinski definition) is 3. The van der Waals surface area contributed by atoms with Crippen LogP contribution in [0.4, 0.5) is 0 Å². The molecule has 5 nitrogen and oxygen atoms in total.